The Balaban J connectivity index is 2.91. The lowest BCUT2D eigenvalue weighted by Gasteiger charge is -2.14. The Bertz CT molecular complexity index is 417. The zero-order valence-corrected chi connectivity index (χ0v) is 12.8. The molecule has 0 radical (unpaired) electrons. The molecule has 1 aromatic carbocycles. The highest BCUT2D eigenvalue weighted by molar-refractivity contribution is 5.85. The van der Waals surface area contributed by atoms with Gasteiger partial charge < -0.3 is 10.5 Å². The zero-order valence-electron chi connectivity index (χ0n) is 12.8. The van der Waals surface area contributed by atoms with E-state index in [2.05, 4.69) is 19.2 Å². The third kappa shape index (κ3) is 4.76. The van der Waals surface area contributed by atoms with Gasteiger partial charge in [0.15, 0.2) is 0 Å². The maximum absolute atomic E-state index is 11.6. The average Bonchev–Trinajstić information content (AvgIpc) is 2.42. The van der Waals surface area contributed by atoms with Crippen molar-refractivity contribution >= 4 is 17.5 Å². The first-order chi connectivity index (χ1) is 9.62. The summed E-state index contributed by atoms with van der Waals surface area (Å²) in [5.41, 5.74) is 10.0. The molecular formula is C16H26N2O2. The molecular weight excluding hydrogens is 252 g/mol. The maximum atomic E-state index is 11.6. The van der Waals surface area contributed by atoms with Crippen LogP contribution >= 0.6 is 0 Å². The summed E-state index contributed by atoms with van der Waals surface area (Å²) in [4.78, 5) is 11.6. The summed E-state index contributed by atoms with van der Waals surface area (Å²) in [5.74, 6) is 0. The molecule has 0 aliphatic heterocycles. The van der Waals surface area contributed by atoms with Gasteiger partial charge in [0.25, 0.3) is 0 Å². The van der Waals surface area contributed by atoms with E-state index in [1.807, 2.05) is 19.1 Å². The van der Waals surface area contributed by atoms with Crippen LogP contribution in [0.15, 0.2) is 12.1 Å². The number of carbonyl (C=O) groups is 1. The number of hydrogen-bond donors (Lipinski definition) is 2. The monoisotopic (exact) mass is 278 g/mol. The number of carbonyl (C=O) groups excluding carboxylic acids is 1. The van der Waals surface area contributed by atoms with E-state index in [1.165, 1.54) is 0 Å². The second-order valence-corrected chi connectivity index (χ2v) is 4.97. The molecule has 0 aromatic heterocycles. The number of nitrogens with one attached hydrogen (secondary N) is 1. The number of ether oxygens (including phenoxy) is 1. The first-order valence-corrected chi connectivity index (χ1v) is 7.47. The van der Waals surface area contributed by atoms with Gasteiger partial charge in [-0.05, 0) is 42.5 Å². The molecule has 1 aromatic rings. The molecule has 1 amide bonds. The highest BCUT2D eigenvalue weighted by Gasteiger charge is 2.10. The van der Waals surface area contributed by atoms with Crippen LogP contribution in [0.4, 0.5) is 16.2 Å². The molecule has 0 aliphatic rings. The molecule has 0 bridgehead atoms. The van der Waals surface area contributed by atoms with Gasteiger partial charge >= 0.3 is 6.09 Å². The minimum Gasteiger partial charge on any atom is -0.449 e. The molecule has 0 aliphatic carbocycles. The number of benzene rings is 1. The quantitative estimate of drug-likeness (QED) is 0.737. The zero-order chi connectivity index (χ0) is 15.0. The van der Waals surface area contributed by atoms with Crippen molar-refractivity contribution in [3.8, 4) is 0 Å². The minimum atomic E-state index is -0.401. The van der Waals surface area contributed by atoms with Crippen molar-refractivity contribution in [3.05, 3.63) is 23.3 Å². The fraction of sp³-hybridized carbons (Fsp3) is 0.562. The Kier molecular flexibility index (Phi) is 6.91. The van der Waals surface area contributed by atoms with Crippen molar-refractivity contribution in [2.24, 2.45) is 0 Å². The number of hydrogen-bond acceptors (Lipinski definition) is 3. The topological polar surface area (TPSA) is 64.3 Å². The largest absolute Gasteiger partial charge is 0.449 e. The van der Waals surface area contributed by atoms with E-state index in [-0.39, 0.29) is 0 Å². The first-order valence-electron chi connectivity index (χ1n) is 7.47. The van der Waals surface area contributed by atoms with Crippen LogP contribution in [0.1, 0.15) is 51.2 Å². The van der Waals surface area contributed by atoms with Crippen molar-refractivity contribution in [3.63, 3.8) is 0 Å². The van der Waals surface area contributed by atoms with Crippen LogP contribution in [-0.4, -0.2) is 12.7 Å². The number of aryl methyl sites for hydroxylation is 2. The van der Waals surface area contributed by atoms with Gasteiger partial charge in [-0.1, -0.05) is 33.6 Å². The average molecular weight is 278 g/mol. The molecule has 20 heavy (non-hydrogen) atoms. The summed E-state index contributed by atoms with van der Waals surface area (Å²) in [6, 6.07) is 3.90. The van der Waals surface area contributed by atoms with Crippen molar-refractivity contribution in [2.75, 3.05) is 17.7 Å². The van der Waals surface area contributed by atoms with Crippen LogP contribution < -0.4 is 11.1 Å². The normalized spacial score (nSPS) is 10.3. The Labute approximate surface area is 121 Å². The predicted molar refractivity (Wildman–Crippen MR) is 84.1 cm³/mol. The second-order valence-electron chi connectivity index (χ2n) is 4.97. The summed E-state index contributed by atoms with van der Waals surface area (Å²) >= 11 is 0. The van der Waals surface area contributed by atoms with Crippen LogP contribution in [0.25, 0.3) is 0 Å². The van der Waals surface area contributed by atoms with E-state index >= 15 is 0 Å². The standard InChI is InChI=1S/C16H26N2O2/c1-4-7-12-10-14(18-16(19)20-9-6-3)11-13(8-5-2)15(12)17/h10-11H,4-9,17H2,1-3H3,(H,18,19). The third-order valence-corrected chi connectivity index (χ3v) is 3.07. The molecule has 4 nitrogen and oxygen atoms in total. The number of nitrogen functional groups attached to an aromatic ring is 1. The Hall–Kier alpha value is -1.71. The van der Waals surface area contributed by atoms with E-state index in [1.54, 1.807) is 0 Å². The molecule has 112 valence electrons. The van der Waals surface area contributed by atoms with Crippen LogP contribution in [0.3, 0.4) is 0 Å². The molecule has 0 atom stereocenters. The van der Waals surface area contributed by atoms with Gasteiger partial charge in [-0.15, -0.1) is 0 Å². The highest BCUT2D eigenvalue weighted by atomic mass is 16.5. The summed E-state index contributed by atoms with van der Waals surface area (Å²) in [6.07, 6.45) is 4.31. The maximum Gasteiger partial charge on any atom is 0.411 e. The third-order valence-electron chi connectivity index (χ3n) is 3.07. The fourth-order valence-electron chi connectivity index (χ4n) is 2.15. The number of nitrogens with two attached hydrogens (primary N) is 1. The molecule has 0 unspecified atom stereocenters. The Morgan fingerprint density at radius 1 is 1.10 bits per heavy atom. The van der Waals surface area contributed by atoms with Gasteiger partial charge in [0, 0.05) is 11.4 Å². The lowest BCUT2D eigenvalue weighted by Crippen LogP contribution is -2.15. The van der Waals surface area contributed by atoms with E-state index in [9.17, 15) is 4.79 Å². The summed E-state index contributed by atoms with van der Waals surface area (Å²) < 4.78 is 5.04. The molecule has 0 saturated carbocycles. The van der Waals surface area contributed by atoms with Crippen molar-refractivity contribution < 1.29 is 9.53 Å². The van der Waals surface area contributed by atoms with E-state index in [0.29, 0.717) is 6.61 Å². The van der Waals surface area contributed by atoms with E-state index in [0.717, 1.165) is 54.6 Å². The minimum absolute atomic E-state index is 0.401. The molecule has 4 heteroatoms. The smallest absolute Gasteiger partial charge is 0.411 e. The summed E-state index contributed by atoms with van der Waals surface area (Å²) in [5, 5.41) is 2.78. The number of rotatable bonds is 7. The van der Waals surface area contributed by atoms with Gasteiger partial charge in [0.2, 0.25) is 0 Å². The van der Waals surface area contributed by atoms with Crippen LogP contribution in [0, 0.1) is 0 Å². The van der Waals surface area contributed by atoms with Gasteiger partial charge in [-0.2, -0.15) is 0 Å². The van der Waals surface area contributed by atoms with E-state index in [4.69, 9.17) is 10.5 Å². The van der Waals surface area contributed by atoms with Gasteiger partial charge in [0.1, 0.15) is 0 Å². The van der Waals surface area contributed by atoms with Gasteiger partial charge in [-0.25, -0.2) is 4.79 Å². The van der Waals surface area contributed by atoms with E-state index < -0.39 is 6.09 Å². The Morgan fingerprint density at radius 3 is 2.10 bits per heavy atom. The SMILES string of the molecule is CCCOC(=O)Nc1cc(CCC)c(N)c(CCC)c1. The van der Waals surface area contributed by atoms with Crippen LogP contribution in [-0.2, 0) is 17.6 Å². The molecule has 0 spiro atoms. The summed E-state index contributed by atoms with van der Waals surface area (Å²) in [7, 11) is 0. The van der Waals surface area contributed by atoms with Gasteiger partial charge in [-0.3, -0.25) is 5.32 Å². The lowest BCUT2D eigenvalue weighted by molar-refractivity contribution is 0.161. The van der Waals surface area contributed by atoms with Crippen molar-refractivity contribution in [2.45, 2.75) is 52.9 Å². The van der Waals surface area contributed by atoms with Crippen molar-refractivity contribution in [1.29, 1.82) is 0 Å². The second kappa shape index (κ2) is 8.46. The highest BCUT2D eigenvalue weighted by Crippen LogP contribution is 2.26. The first kappa shape index (κ1) is 16.3. The predicted octanol–water partition coefficient (Wildman–Crippen LogP) is 4.13. The van der Waals surface area contributed by atoms with Crippen LogP contribution in [0.5, 0.6) is 0 Å². The number of anilines is 2. The molecule has 0 heterocycles. The summed E-state index contributed by atoms with van der Waals surface area (Å²) in [6.45, 7) is 6.64. The molecule has 3 N–H and O–H groups in total. The fourth-order valence-corrected chi connectivity index (χ4v) is 2.15. The molecule has 1 rings (SSSR count). The molecule has 0 saturated heterocycles. The molecule has 0 fully saturated rings. The van der Waals surface area contributed by atoms with Crippen molar-refractivity contribution in [1.82, 2.24) is 0 Å². The lowest BCUT2D eigenvalue weighted by atomic mass is 9.99. The number of amides is 1. The Morgan fingerprint density at radius 2 is 1.65 bits per heavy atom. The van der Waals surface area contributed by atoms with Gasteiger partial charge in [0.05, 0.1) is 6.61 Å². The van der Waals surface area contributed by atoms with Crippen LogP contribution in [0.2, 0.25) is 0 Å².